The highest BCUT2D eigenvalue weighted by Gasteiger charge is 2.30. The van der Waals surface area contributed by atoms with E-state index in [0.717, 1.165) is 12.1 Å². The van der Waals surface area contributed by atoms with Crippen LogP contribution in [0.25, 0.3) is 0 Å². The van der Waals surface area contributed by atoms with Gasteiger partial charge in [0.15, 0.2) is 5.78 Å². The monoisotopic (exact) mass is 451 g/mol. The summed E-state index contributed by atoms with van der Waals surface area (Å²) in [6.07, 6.45) is 2.55. The zero-order valence-electron chi connectivity index (χ0n) is 16.0. The second-order valence-electron chi connectivity index (χ2n) is 6.14. The van der Waals surface area contributed by atoms with Gasteiger partial charge in [0.25, 0.3) is 0 Å². The van der Waals surface area contributed by atoms with Crippen LogP contribution < -0.4 is 10.6 Å². The summed E-state index contributed by atoms with van der Waals surface area (Å²) in [4.78, 5) is 23.1. The molecule has 0 spiro atoms. The number of alkyl halides is 2. The zero-order chi connectivity index (χ0) is 22.6. The number of nitrogens with zero attached hydrogens (tertiary/aromatic N) is 3. The van der Waals surface area contributed by atoms with E-state index in [0.29, 0.717) is 0 Å². The minimum atomic E-state index is -4.96. The van der Waals surface area contributed by atoms with Crippen molar-refractivity contribution in [2.45, 2.75) is 24.0 Å². The average Bonchev–Trinajstić information content (AvgIpc) is 2.73. The summed E-state index contributed by atoms with van der Waals surface area (Å²) in [5.74, 6) is -4.82. The van der Waals surface area contributed by atoms with E-state index < -0.39 is 26.4 Å². The third kappa shape index (κ3) is 4.97. The number of carbonyl (C=O) groups is 1. The number of ketones is 1. The Morgan fingerprint density at radius 2 is 1.87 bits per heavy atom. The summed E-state index contributed by atoms with van der Waals surface area (Å²) in [5, 5.41) is 5.38. The van der Waals surface area contributed by atoms with Crippen molar-refractivity contribution in [1.82, 2.24) is 15.0 Å². The number of sulfone groups is 1. The topological polar surface area (TPSA) is 114 Å². The molecule has 0 aliphatic carbocycles. The number of rotatable bonds is 8. The molecule has 0 saturated heterocycles. The number of pyridine rings is 3. The predicted molar refractivity (Wildman–Crippen MR) is 107 cm³/mol. The Hall–Kier alpha value is -3.54. The first-order valence-electron chi connectivity index (χ1n) is 8.89. The highest BCUT2D eigenvalue weighted by molar-refractivity contribution is 7.91. The van der Waals surface area contributed by atoms with Gasteiger partial charge in [0, 0.05) is 24.9 Å². The molecule has 0 bridgehead atoms. The second kappa shape index (κ2) is 9.08. The number of halogens is 3. The van der Waals surface area contributed by atoms with Crippen molar-refractivity contribution >= 4 is 38.8 Å². The molecule has 0 atom stereocenters. The number of aromatic nitrogens is 3. The van der Waals surface area contributed by atoms with Crippen LogP contribution in [0.3, 0.4) is 0 Å². The van der Waals surface area contributed by atoms with E-state index in [4.69, 9.17) is 0 Å². The lowest BCUT2D eigenvalue weighted by Crippen LogP contribution is -2.15. The van der Waals surface area contributed by atoms with Crippen molar-refractivity contribution in [3.8, 4) is 0 Å². The fourth-order valence-corrected chi connectivity index (χ4v) is 3.42. The average molecular weight is 451 g/mol. The number of Topliss-reactive ketones (excluding diaryl/α,β-unsaturated/α-hetero) is 1. The molecule has 0 aliphatic heterocycles. The molecule has 12 heteroatoms. The first-order valence-corrected chi connectivity index (χ1v) is 10.4. The summed E-state index contributed by atoms with van der Waals surface area (Å²) in [7, 11) is -4.96. The Morgan fingerprint density at radius 1 is 1.10 bits per heavy atom. The van der Waals surface area contributed by atoms with Gasteiger partial charge in [0.05, 0.1) is 11.3 Å². The molecule has 0 aromatic carbocycles. The minimum Gasteiger partial charge on any atom is -0.338 e. The van der Waals surface area contributed by atoms with Gasteiger partial charge >= 0.3 is 5.76 Å². The molecule has 8 nitrogen and oxygen atoms in total. The van der Waals surface area contributed by atoms with Gasteiger partial charge in [0.1, 0.15) is 22.3 Å². The minimum absolute atomic E-state index is 0.0742. The third-order valence-electron chi connectivity index (χ3n) is 4.06. The fraction of sp³-hybridized carbons (Fsp3) is 0.158. The maximum Gasteiger partial charge on any atom is 0.341 e. The number of hydrogen-bond acceptors (Lipinski definition) is 8. The van der Waals surface area contributed by atoms with Crippen molar-refractivity contribution < 1.29 is 26.4 Å². The van der Waals surface area contributed by atoms with E-state index in [1.54, 1.807) is 6.92 Å². The molecule has 2 N–H and O–H groups in total. The van der Waals surface area contributed by atoms with Crippen molar-refractivity contribution in [3.05, 3.63) is 60.3 Å². The summed E-state index contributed by atoms with van der Waals surface area (Å²) in [6, 6.07) is 7.58. The third-order valence-corrected chi connectivity index (χ3v) is 5.47. The van der Waals surface area contributed by atoms with Gasteiger partial charge in [-0.3, -0.25) is 4.79 Å². The van der Waals surface area contributed by atoms with Crippen LogP contribution in [0, 0.1) is 5.95 Å². The Labute approximate surface area is 175 Å². The molecular weight excluding hydrogens is 435 g/mol. The number of hydrogen-bond donors (Lipinski definition) is 2. The van der Waals surface area contributed by atoms with Crippen LogP contribution >= 0.6 is 0 Å². The van der Waals surface area contributed by atoms with Crippen LogP contribution in [0.4, 0.5) is 36.3 Å². The largest absolute Gasteiger partial charge is 0.341 e. The highest BCUT2D eigenvalue weighted by Crippen LogP contribution is 2.30. The van der Waals surface area contributed by atoms with Crippen LogP contribution in [-0.2, 0) is 9.84 Å². The van der Waals surface area contributed by atoms with Crippen LogP contribution in [0.2, 0.25) is 0 Å². The van der Waals surface area contributed by atoms with Gasteiger partial charge in [-0.1, -0.05) is 13.0 Å². The van der Waals surface area contributed by atoms with Crippen LogP contribution in [0.15, 0.2) is 53.7 Å². The number of carbonyl (C=O) groups excluding carboxylic acids is 1. The molecule has 0 saturated carbocycles. The summed E-state index contributed by atoms with van der Waals surface area (Å²) in [6.45, 7) is 1.61. The Kier molecular flexibility index (Phi) is 6.49. The van der Waals surface area contributed by atoms with E-state index in [9.17, 15) is 26.4 Å². The molecule has 3 aromatic rings. The number of nitrogens with one attached hydrogen (secondary N) is 2. The van der Waals surface area contributed by atoms with E-state index in [-0.39, 0.29) is 40.9 Å². The quantitative estimate of drug-likeness (QED) is 0.389. The SMILES string of the molecule is CCC(=O)c1cnc(Nc2cccc(F)n2)cc1Nc1ncccc1S(=O)(=O)C(F)F. The number of anilines is 4. The standard InChI is InChI=1S/C19H16F3N5O3S/c1-2-13(28)11-10-24-17(27-16-7-3-6-15(20)26-16)9-12(11)25-18-14(5-4-8-23-18)31(29,30)19(21)22/h3-10,19H,2H2,1H3,(H2,23,24,25,26,27). The molecule has 0 fully saturated rings. The first kappa shape index (κ1) is 22.2. The zero-order valence-corrected chi connectivity index (χ0v) is 16.8. The van der Waals surface area contributed by atoms with Gasteiger partial charge in [-0.2, -0.15) is 13.2 Å². The molecular formula is C19H16F3N5O3S. The van der Waals surface area contributed by atoms with Crippen molar-refractivity contribution in [2.75, 3.05) is 10.6 Å². The van der Waals surface area contributed by atoms with Crippen LogP contribution in [0.1, 0.15) is 23.7 Å². The molecule has 31 heavy (non-hydrogen) atoms. The maximum atomic E-state index is 13.3. The van der Waals surface area contributed by atoms with Crippen LogP contribution in [-0.4, -0.2) is 34.9 Å². The molecule has 0 amide bonds. The lowest BCUT2D eigenvalue weighted by molar-refractivity contribution is 0.0988. The van der Waals surface area contributed by atoms with Gasteiger partial charge < -0.3 is 10.6 Å². The summed E-state index contributed by atoms with van der Waals surface area (Å²) >= 11 is 0. The maximum absolute atomic E-state index is 13.3. The van der Waals surface area contributed by atoms with Gasteiger partial charge in [-0.25, -0.2) is 23.4 Å². The predicted octanol–water partition coefficient (Wildman–Crippen LogP) is 4.09. The summed E-state index contributed by atoms with van der Waals surface area (Å²) < 4.78 is 63.4. The smallest absolute Gasteiger partial charge is 0.338 e. The van der Waals surface area contributed by atoms with E-state index in [1.807, 2.05) is 0 Å². The first-order chi connectivity index (χ1) is 14.7. The lowest BCUT2D eigenvalue weighted by Gasteiger charge is -2.15. The van der Waals surface area contributed by atoms with Crippen molar-refractivity contribution in [2.24, 2.45) is 0 Å². The summed E-state index contributed by atoms with van der Waals surface area (Å²) in [5.41, 5.74) is 0.163. The molecule has 0 unspecified atom stereocenters. The van der Waals surface area contributed by atoms with E-state index in [2.05, 4.69) is 25.6 Å². The molecule has 0 aliphatic rings. The molecule has 3 aromatic heterocycles. The highest BCUT2D eigenvalue weighted by atomic mass is 32.2. The Morgan fingerprint density at radius 3 is 2.55 bits per heavy atom. The fourth-order valence-electron chi connectivity index (χ4n) is 2.59. The van der Waals surface area contributed by atoms with Crippen molar-refractivity contribution in [1.29, 1.82) is 0 Å². The molecule has 0 radical (unpaired) electrons. The molecule has 3 rings (SSSR count). The lowest BCUT2D eigenvalue weighted by atomic mass is 10.1. The van der Waals surface area contributed by atoms with Gasteiger partial charge in [-0.05, 0) is 24.3 Å². The molecule has 3 heterocycles. The van der Waals surface area contributed by atoms with Crippen molar-refractivity contribution in [3.63, 3.8) is 0 Å². The van der Waals surface area contributed by atoms with Gasteiger partial charge in [-0.15, -0.1) is 0 Å². The van der Waals surface area contributed by atoms with E-state index >= 15 is 0 Å². The Bertz CT molecular complexity index is 1220. The second-order valence-corrected chi connectivity index (χ2v) is 8.03. The molecule has 162 valence electrons. The van der Waals surface area contributed by atoms with Gasteiger partial charge in [0.2, 0.25) is 15.8 Å². The normalized spacial score (nSPS) is 11.4. The van der Waals surface area contributed by atoms with Crippen LogP contribution in [0.5, 0.6) is 0 Å². The Balaban J connectivity index is 2.04. The van der Waals surface area contributed by atoms with E-state index in [1.165, 1.54) is 36.7 Å².